The summed E-state index contributed by atoms with van der Waals surface area (Å²) >= 11 is 9.46. The Labute approximate surface area is 172 Å². The second-order valence-electron chi connectivity index (χ2n) is 5.75. The van der Waals surface area contributed by atoms with Crippen LogP contribution in [0.4, 0.5) is 5.69 Å². The summed E-state index contributed by atoms with van der Waals surface area (Å²) in [5, 5.41) is 3.66. The lowest BCUT2D eigenvalue weighted by Gasteiger charge is -2.07. The Hall–Kier alpha value is -1.95. The number of rotatable bonds is 8. The van der Waals surface area contributed by atoms with E-state index in [1.165, 1.54) is 5.56 Å². The van der Waals surface area contributed by atoms with Crippen LogP contribution in [0.5, 0.6) is 0 Å². The van der Waals surface area contributed by atoms with E-state index >= 15 is 0 Å². The average Bonchev–Trinajstić information content (AvgIpc) is 2.70. The largest absolute Gasteiger partial charge is 0.326 e. The van der Waals surface area contributed by atoms with Gasteiger partial charge in [0.1, 0.15) is 0 Å². The van der Waals surface area contributed by atoms with Crippen LogP contribution in [-0.4, -0.2) is 16.6 Å². The lowest BCUT2D eigenvalue weighted by Crippen LogP contribution is -2.12. The van der Waals surface area contributed by atoms with Gasteiger partial charge in [0.05, 0.1) is 5.02 Å². The van der Waals surface area contributed by atoms with Gasteiger partial charge in [0.2, 0.25) is 5.91 Å². The summed E-state index contributed by atoms with van der Waals surface area (Å²) in [7, 11) is 0. The van der Waals surface area contributed by atoms with Crippen molar-refractivity contribution in [3.63, 3.8) is 0 Å². The van der Waals surface area contributed by atoms with Gasteiger partial charge in [0, 0.05) is 45.8 Å². The first-order valence-electron chi connectivity index (χ1n) is 8.49. The Bertz CT molecular complexity index is 873. The molecule has 138 valence electrons. The molecule has 0 spiro atoms. The second kappa shape index (κ2) is 10.4. The van der Waals surface area contributed by atoms with Crippen LogP contribution in [0.25, 0.3) is 0 Å². The standard InChI is InChI=1S/C21H19ClN2OS2/c22-19-5-1-2-6-20(19)26-13-11-21(25)24-17-7-9-18(10-8-17)27-15-16-4-3-12-23-14-16/h1-10,12,14H,11,13,15H2,(H,24,25). The third kappa shape index (κ3) is 6.61. The van der Waals surface area contributed by atoms with E-state index in [4.69, 9.17) is 11.6 Å². The highest BCUT2D eigenvalue weighted by Crippen LogP contribution is 2.27. The Morgan fingerprint density at radius 1 is 1.00 bits per heavy atom. The fraction of sp³-hybridized carbons (Fsp3) is 0.143. The molecule has 0 saturated carbocycles. The minimum atomic E-state index is 0.00492. The normalized spacial score (nSPS) is 10.6. The third-order valence-corrected chi connectivity index (χ3v) is 6.29. The van der Waals surface area contributed by atoms with Crippen molar-refractivity contribution in [2.45, 2.75) is 22.0 Å². The zero-order valence-electron chi connectivity index (χ0n) is 14.6. The summed E-state index contributed by atoms with van der Waals surface area (Å²) in [5.41, 5.74) is 2.00. The van der Waals surface area contributed by atoms with Gasteiger partial charge in [-0.05, 0) is 48.0 Å². The van der Waals surface area contributed by atoms with E-state index in [1.807, 2.05) is 60.8 Å². The van der Waals surface area contributed by atoms with Crippen LogP contribution >= 0.6 is 35.1 Å². The van der Waals surface area contributed by atoms with Gasteiger partial charge in [-0.3, -0.25) is 9.78 Å². The van der Waals surface area contributed by atoms with Gasteiger partial charge in [-0.1, -0.05) is 29.8 Å². The number of hydrogen-bond acceptors (Lipinski definition) is 4. The molecule has 0 radical (unpaired) electrons. The number of thioether (sulfide) groups is 2. The van der Waals surface area contributed by atoms with Crippen LogP contribution in [-0.2, 0) is 10.5 Å². The lowest BCUT2D eigenvalue weighted by atomic mass is 10.3. The molecule has 6 heteroatoms. The zero-order chi connectivity index (χ0) is 18.9. The van der Waals surface area contributed by atoms with E-state index in [9.17, 15) is 4.79 Å². The molecule has 0 unspecified atom stereocenters. The fourth-order valence-electron chi connectivity index (χ4n) is 2.32. The van der Waals surface area contributed by atoms with E-state index in [2.05, 4.69) is 16.4 Å². The Balaban J connectivity index is 1.42. The maximum Gasteiger partial charge on any atom is 0.225 e. The van der Waals surface area contributed by atoms with Gasteiger partial charge in [0.15, 0.2) is 0 Å². The molecule has 3 nitrogen and oxygen atoms in total. The van der Waals surface area contributed by atoms with Crippen LogP contribution in [0.2, 0.25) is 5.02 Å². The summed E-state index contributed by atoms with van der Waals surface area (Å²) in [6.07, 6.45) is 4.09. The molecule has 0 aliphatic carbocycles. The molecule has 0 saturated heterocycles. The molecule has 3 aromatic rings. The molecule has 1 N–H and O–H groups in total. The van der Waals surface area contributed by atoms with Crippen molar-refractivity contribution in [3.8, 4) is 0 Å². The topological polar surface area (TPSA) is 42.0 Å². The van der Waals surface area contributed by atoms with Crippen molar-refractivity contribution in [1.82, 2.24) is 4.98 Å². The van der Waals surface area contributed by atoms with Crippen molar-refractivity contribution in [2.24, 2.45) is 0 Å². The highest BCUT2D eigenvalue weighted by Gasteiger charge is 2.05. The number of benzene rings is 2. The van der Waals surface area contributed by atoms with E-state index < -0.39 is 0 Å². The SMILES string of the molecule is O=C(CCSc1ccccc1Cl)Nc1ccc(SCc2cccnc2)cc1. The highest BCUT2D eigenvalue weighted by atomic mass is 35.5. The Kier molecular flexibility index (Phi) is 7.63. The first-order chi connectivity index (χ1) is 13.2. The summed E-state index contributed by atoms with van der Waals surface area (Å²) in [4.78, 5) is 18.4. The number of nitrogens with zero attached hydrogens (tertiary/aromatic N) is 1. The number of hydrogen-bond donors (Lipinski definition) is 1. The van der Waals surface area contributed by atoms with Crippen molar-refractivity contribution >= 4 is 46.7 Å². The number of anilines is 1. The van der Waals surface area contributed by atoms with Gasteiger partial charge >= 0.3 is 0 Å². The molecule has 2 aromatic carbocycles. The molecule has 1 aromatic heterocycles. The van der Waals surface area contributed by atoms with E-state index in [-0.39, 0.29) is 5.91 Å². The summed E-state index contributed by atoms with van der Waals surface area (Å²) in [6.45, 7) is 0. The maximum atomic E-state index is 12.1. The summed E-state index contributed by atoms with van der Waals surface area (Å²) in [6, 6.07) is 19.6. The smallest absolute Gasteiger partial charge is 0.225 e. The quantitative estimate of drug-likeness (QED) is 0.449. The molecule has 0 bridgehead atoms. The molecule has 0 atom stereocenters. The number of halogens is 1. The molecule has 1 amide bonds. The molecule has 0 fully saturated rings. The molecule has 0 aliphatic heterocycles. The van der Waals surface area contributed by atoms with Gasteiger partial charge in [-0.2, -0.15) is 0 Å². The van der Waals surface area contributed by atoms with Crippen LogP contribution < -0.4 is 5.32 Å². The third-order valence-electron chi connectivity index (χ3n) is 3.69. The number of carbonyl (C=O) groups is 1. The Morgan fingerprint density at radius 3 is 2.56 bits per heavy atom. The second-order valence-corrected chi connectivity index (χ2v) is 8.34. The molecular weight excluding hydrogens is 396 g/mol. The number of amides is 1. The highest BCUT2D eigenvalue weighted by molar-refractivity contribution is 7.99. The minimum absolute atomic E-state index is 0.00492. The van der Waals surface area contributed by atoms with E-state index in [0.717, 1.165) is 26.3 Å². The van der Waals surface area contributed by atoms with Gasteiger partial charge in [-0.25, -0.2) is 0 Å². The summed E-state index contributed by atoms with van der Waals surface area (Å²) < 4.78 is 0. The van der Waals surface area contributed by atoms with E-state index in [0.29, 0.717) is 12.2 Å². The number of carbonyl (C=O) groups excluding carboxylic acids is 1. The first kappa shape index (κ1) is 19.8. The van der Waals surface area contributed by atoms with Gasteiger partial charge in [-0.15, -0.1) is 23.5 Å². The number of pyridine rings is 1. The molecule has 3 rings (SSSR count). The van der Waals surface area contributed by atoms with Crippen molar-refractivity contribution in [2.75, 3.05) is 11.1 Å². The molecule has 27 heavy (non-hydrogen) atoms. The molecule has 1 heterocycles. The maximum absolute atomic E-state index is 12.1. The number of nitrogens with one attached hydrogen (secondary N) is 1. The predicted octanol–water partition coefficient (Wildman–Crippen LogP) is 6.15. The van der Waals surface area contributed by atoms with Crippen LogP contribution in [0.15, 0.2) is 82.8 Å². The fourth-order valence-corrected chi connectivity index (χ4v) is 4.34. The number of aromatic nitrogens is 1. The average molecular weight is 415 g/mol. The van der Waals surface area contributed by atoms with Crippen LogP contribution in [0, 0.1) is 0 Å². The van der Waals surface area contributed by atoms with Crippen molar-refractivity contribution in [1.29, 1.82) is 0 Å². The van der Waals surface area contributed by atoms with Gasteiger partial charge in [0.25, 0.3) is 0 Å². The van der Waals surface area contributed by atoms with Crippen LogP contribution in [0.3, 0.4) is 0 Å². The molecule has 0 aliphatic rings. The predicted molar refractivity (Wildman–Crippen MR) is 116 cm³/mol. The zero-order valence-corrected chi connectivity index (χ0v) is 17.0. The Morgan fingerprint density at radius 2 is 1.81 bits per heavy atom. The van der Waals surface area contributed by atoms with Crippen LogP contribution in [0.1, 0.15) is 12.0 Å². The van der Waals surface area contributed by atoms with Gasteiger partial charge < -0.3 is 5.32 Å². The molecular formula is C21H19ClN2OS2. The summed E-state index contributed by atoms with van der Waals surface area (Å²) in [5.74, 6) is 1.57. The van der Waals surface area contributed by atoms with Crippen molar-refractivity contribution in [3.05, 3.63) is 83.6 Å². The minimum Gasteiger partial charge on any atom is -0.326 e. The van der Waals surface area contributed by atoms with E-state index in [1.54, 1.807) is 29.7 Å². The van der Waals surface area contributed by atoms with Crippen molar-refractivity contribution < 1.29 is 4.79 Å². The first-order valence-corrected chi connectivity index (χ1v) is 10.8. The monoisotopic (exact) mass is 414 g/mol. The lowest BCUT2D eigenvalue weighted by molar-refractivity contribution is -0.115.